The second-order valence-electron chi connectivity index (χ2n) is 3.61. The van der Waals surface area contributed by atoms with Gasteiger partial charge in [-0.05, 0) is 58.5 Å². The highest BCUT2D eigenvalue weighted by Gasteiger charge is 2.02. The summed E-state index contributed by atoms with van der Waals surface area (Å²) in [6.07, 6.45) is 0. The summed E-state index contributed by atoms with van der Waals surface area (Å²) in [5, 5.41) is 0.759. The number of rotatable bonds is 3. The molecule has 2 aromatic rings. The lowest BCUT2D eigenvalue weighted by atomic mass is 10.2. The summed E-state index contributed by atoms with van der Waals surface area (Å²) in [4.78, 5) is 1.03. The third-order valence-electron chi connectivity index (χ3n) is 2.26. The van der Waals surface area contributed by atoms with E-state index in [4.69, 9.17) is 17.3 Å². The molecule has 2 N–H and O–H groups in total. The molecule has 0 amide bonds. The molecular formula is C13H11ClINS. The molecule has 0 saturated carbocycles. The summed E-state index contributed by atoms with van der Waals surface area (Å²) in [7, 11) is 0. The average molecular weight is 376 g/mol. The molecule has 0 heterocycles. The van der Waals surface area contributed by atoms with Crippen LogP contribution in [-0.2, 0) is 5.75 Å². The molecule has 0 unspecified atom stereocenters. The van der Waals surface area contributed by atoms with Gasteiger partial charge in [0.1, 0.15) is 0 Å². The van der Waals surface area contributed by atoms with Gasteiger partial charge in [-0.1, -0.05) is 23.7 Å². The standard InChI is InChI=1S/C13H11ClINS/c14-12-6-5-11(16)7-13(12)17-8-9-1-3-10(15)4-2-9/h1-7H,8,16H2. The minimum Gasteiger partial charge on any atom is -0.399 e. The zero-order chi connectivity index (χ0) is 12.3. The molecule has 0 aliphatic heterocycles. The van der Waals surface area contributed by atoms with Gasteiger partial charge in [0.2, 0.25) is 0 Å². The van der Waals surface area contributed by atoms with Gasteiger partial charge in [-0.15, -0.1) is 11.8 Å². The van der Waals surface area contributed by atoms with Gasteiger partial charge in [-0.25, -0.2) is 0 Å². The monoisotopic (exact) mass is 375 g/mol. The first kappa shape index (κ1) is 13.1. The molecule has 88 valence electrons. The van der Waals surface area contributed by atoms with E-state index in [0.717, 1.165) is 21.4 Å². The Balaban J connectivity index is 2.07. The Morgan fingerprint density at radius 1 is 1.12 bits per heavy atom. The van der Waals surface area contributed by atoms with Crippen LogP contribution in [0, 0.1) is 3.57 Å². The van der Waals surface area contributed by atoms with Crippen LogP contribution >= 0.6 is 46.0 Å². The Morgan fingerprint density at radius 3 is 2.53 bits per heavy atom. The maximum absolute atomic E-state index is 6.11. The highest BCUT2D eigenvalue weighted by atomic mass is 127. The van der Waals surface area contributed by atoms with E-state index in [0.29, 0.717) is 0 Å². The SMILES string of the molecule is Nc1ccc(Cl)c(SCc2ccc(I)cc2)c1. The second kappa shape index (κ2) is 5.98. The maximum Gasteiger partial charge on any atom is 0.0543 e. The van der Waals surface area contributed by atoms with Crippen LogP contribution in [0.4, 0.5) is 5.69 Å². The molecular weight excluding hydrogens is 365 g/mol. The summed E-state index contributed by atoms with van der Waals surface area (Å²) < 4.78 is 1.25. The fraction of sp³-hybridized carbons (Fsp3) is 0.0769. The van der Waals surface area contributed by atoms with Crippen LogP contribution in [0.5, 0.6) is 0 Å². The Kier molecular flexibility index (Phi) is 4.59. The zero-order valence-corrected chi connectivity index (χ0v) is 12.7. The van der Waals surface area contributed by atoms with Crippen molar-refractivity contribution in [3.63, 3.8) is 0 Å². The number of hydrogen-bond acceptors (Lipinski definition) is 2. The Hall–Kier alpha value is -0.390. The molecule has 0 fully saturated rings. The number of thioether (sulfide) groups is 1. The summed E-state index contributed by atoms with van der Waals surface area (Å²) in [5.74, 6) is 0.903. The molecule has 0 aromatic heterocycles. The number of benzene rings is 2. The molecule has 0 atom stereocenters. The van der Waals surface area contributed by atoms with Crippen LogP contribution in [0.1, 0.15) is 5.56 Å². The van der Waals surface area contributed by atoms with Crippen molar-refractivity contribution in [2.24, 2.45) is 0 Å². The summed E-state index contributed by atoms with van der Waals surface area (Å²) in [6.45, 7) is 0. The molecule has 1 nitrogen and oxygen atoms in total. The van der Waals surface area contributed by atoms with Crippen LogP contribution in [0.25, 0.3) is 0 Å². The third-order valence-corrected chi connectivity index (χ3v) is 4.55. The molecule has 0 bridgehead atoms. The predicted octanol–water partition coefficient (Wildman–Crippen LogP) is 4.82. The molecule has 17 heavy (non-hydrogen) atoms. The Bertz CT molecular complexity index is 513. The van der Waals surface area contributed by atoms with E-state index < -0.39 is 0 Å². The molecule has 0 spiro atoms. The highest BCUT2D eigenvalue weighted by Crippen LogP contribution is 2.31. The van der Waals surface area contributed by atoms with E-state index in [2.05, 4.69) is 46.9 Å². The molecule has 0 aliphatic rings. The van der Waals surface area contributed by atoms with Crippen molar-refractivity contribution < 1.29 is 0 Å². The summed E-state index contributed by atoms with van der Waals surface area (Å²) in [5.41, 5.74) is 7.78. The molecule has 2 rings (SSSR count). The fourth-order valence-electron chi connectivity index (χ4n) is 1.37. The van der Waals surface area contributed by atoms with Crippen molar-refractivity contribution >= 4 is 51.6 Å². The molecule has 0 radical (unpaired) electrons. The van der Waals surface area contributed by atoms with Crippen molar-refractivity contribution in [2.75, 3.05) is 5.73 Å². The van der Waals surface area contributed by atoms with E-state index in [1.54, 1.807) is 11.8 Å². The van der Waals surface area contributed by atoms with Gasteiger partial charge in [-0.2, -0.15) is 0 Å². The molecule has 0 saturated heterocycles. The van der Waals surface area contributed by atoms with Crippen LogP contribution in [0.3, 0.4) is 0 Å². The van der Waals surface area contributed by atoms with Crippen LogP contribution < -0.4 is 5.73 Å². The fourth-order valence-corrected chi connectivity index (χ4v) is 2.95. The van der Waals surface area contributed by atoms with E-state index in [1.165, 1.54) is 9.13 Å². The van der Waals surface area contributed by atoms with Crippen molar-refractivity contribution in [3.05, 3.63) is 56.6 Å². The van der Waals surface area contributed by atoms with Crippen molar-refractivity contribution in [2.45, 2.75) is 10.6 Å². The highest BCUT2D eigenvalue weighted by molar-refractivity contribution is 14.1. The van der Waals surface area contributed by atoms with Gasteiger partial charge in [-0.3, -0.25) is 0 Å². The van der Waals surface area contributed by atoms with Gasteiger partial charge in [0, 0.05) is 19.9 Å². The first-order chi connectivity index (χ1) is 8.15. The van der Waals surface area contributed by atoms with Crippen LogP contribution in [0.2, 0.25) is 5.02 Å². The maximum atomic E-state index is 6.11. The normalized spacial score (nSPS) is 10.5. The summed E-state index contributed by atoms with van der Waals surface area (Å²) in [6, 6.07) is 14.1. The first-order valence-electron chi connectivity index (χ1n) is 5.07. The van der Waals surface area contributed by atoms with Crippen molar-refractivity contribution in [1.29, 1.82) is 0 Å². The second-order valence-corrected chi connectivity index (χ2v) is 6.28. The summed E-state index contributed by atoms with van der Waals surface area (Å²) >= 11 is 10.1. The Morgan fingerprint density at radius 2 is 1.82 bits per heavy atom. The van der Waals surface area contributed by atoms with E-state index in [-0.39, 0.29) is 0 Å². The first-order valence-corrected chi connectivity index (χ1v) is 7.51. The van der Waals surface area contributed by atoms with Crippen molar-refractivity contribution in [1.82, 2.24) is 0 Å². The largest absolute Gasteiger partial charge is 0.399 e. The van der Waals surface area contributed by atoms with E-state index >= 15 is 0 Å². The Labute approximate surface area is 124 Å². The topological polar surface area (TPSA) is 26.0 Å². The quantitative estimate of drug-likeness (QED) is 0.473. The average Bonchev–Trinajstić information content (AvgIpc) is 2.32. The lowest BCUT2D eigenvalue weighted by Gasteiger charge is -2.05. The smallest absolute Gasteiger partial charge is 0.0543 e. The lowest BCUT2D eigenvalue weighted by Crippen LogP contribution is -1.86. The molecule has 2 aromatic carbocycles. The van der Waals surface area contributed by atoms with Gasteiger partial charge in [0.05, 0.1) is 5.02 Å². The van der Waals surface area contributed by atoms with Gasteiger partial charge >= 0.3 is 0 Å². The number of nitrogens with two attached hydrogens (primary N) is 1. The molecule has 4 heteroatoms. The zero-order valence-electron chi connectivity index (χ0n) is 8.99. The lowest BCUT2D eigenvalue weighted by molar-refractivity contribution is 1.37. The number of nitrogen functional groups attached to an aromatic ring is 1. The molecule has 0 aliphatic carbocycles. The minimum atomic E-state index is 0.750. The van der Waals surface area contributed by atoms with E-state index in [9.17, 15) is 0 Å². The van der Waals surface area contributed by atoms with Gasteiger partial charge < -0.3 is 5.73 Å². The van der Waals surface area contributed by atoms with Gasteiger partial charge in [0.25, 0.3) is 0 Å². The van der Waals surface area contributed by atoms with Gasteiger partial charge in [0.15, 0.2) is 0 Å². The number of hydrogen-bond donors (Lipinski definition) is 1. The number of anilines is 1. The minimum absolute atomic E-state index is 0.750. The van der Waals surface area contributed by atoms with Crippen LogP contribution in [0.15, 0.2) is 47.4 Å². The number of halogens is 2. The van der Waals surface area contributed by atoms with Crippen molar-refractivity contribution in [3.8, 4) is 0 Å². The van der Waals surface area contributed by atoms with Crippen LogP contribution in [-0.4, -0.2) is 0 Å². The predicted molar refractivity (Wildman–Crippen MR) is 84.6 cm³/mol. The van der Waals surface area contributed by atoms with E-state index in [1.807, 2.05) is 18.2 Å². The third kappa shape index (κ3) is 3.79.